The Morgan fingerprint density at radius 3 is 2.00 bits per heavy atom. The van der Waals surface area contributed by atoms with Gasteiger partial charge in [0.15, 0.2) is 30.4 Å². The number of esters is 3. The van der Waals surface area contributed by atoms with Crippen LogP contribution in [0.25, 0.3) is 0 Å². The normalized spacial score (nSPS) is 44.2. The van der Waals surface area contributed by atoms with Gasteiger partial charge in [-0.15, -0.1) is 0 Å². The second-order valence-corrected chi connectivity index (χ2v) is 20.7. The predicted octanol–water partition coefficient (Wildman–Crippen LogP) is 5.71. The van der Waals surface area contributed by atoms with Gasteiger partial charge < -0.3 is 52.3 Å². The molecule has 4 saturated heterocycles. The highest BCUT2D eigenvalue weighted by Crippen LogP contribution is 2.47. The van der Waals surface area contributed by atoms with Gasteiger partial charge in [-0.3, -0.25) is 24.3 Å². The number of nitrogens with zero attached hydrogens (tertiary/aromatic N) is 3. The molecule has 5 aliphatic rings. The van der Waals surface area contributed by atoms with Crippen LogP contribution in [0.5, 0.6) is 0 Å². The highest BCUT2D eigenvalue weighted by molar-refractivity contribution is 5.91. The molecule has 5 aliphatic heterocycles. The van der Waals surface area contributed by atoms with Crippen molar-refractivity contribution >= 4 is 29.7 Å². The molecule has 4 fully saturated rings. The third-order valence-corrected chi connectivity index (χ3v) is 14.7. The molecule has 5 rings (SSSR count). The van der Waals surface area contributed by atoms with E-state index >= 15 is 0 Å². The van der Waals surface area contributed by atoms with Crippen LogP contribution in [0.3, 0.4) is 0 Å². The number of methoxy groups -OCH3 is 2. The standard InChI is InChI=1S/C47H79N3O14/c1-19-33-47(14)38-26(4)35(48-44(10,11)23-50(38)43(54)64-47)24(2)21-45(12,55-17)39(63-42-37(59-30(8)51)32(49(15)16)20-25(3)57-42)27(5)36(28(6)41(53)61-33)62-34-22-46(13,56-18)40(29(7)58-34)60-31(9)52/h24-29,32-34,36-40,42H,19-23H2,1-18H3/t24-,25-,26+,27+,28-,29+,32+,33+,34+,36+,37-,38-,39-,40+,42+,45-,46-,47-/m1/s1. The first-order valence-electron chi connectivity index (χ1n) is 23.2. The first kappa shape index (κ1) is 52.0. The minimum Gasteiger partial charge on any atom is -0.458 e. The summed E-state index contributed by atoms with van der Waals surface area (Å²) in [7, 11) is 7.03. The topological polar surface area (TPSA) is 179 Å². The maximum Gasteiger partial charge on any atom is 0.411 e. The van der Waals surface area contributed by atoms with Crippen molar-refractivity contribution in [3.05, 3.63) is 0 Å². The van der Waals surface area contributed by atoms with Crippen molar-refractivity contribution in [3.8, 4) is 0 Å². The fraction of sp³-hybridized carbons (Fsp3) is 0.894. The van der Waals surface area contributed by atoms with Crippen molar-refractivity contribution < 1.29 is 66.5 Å². The average molecular weight is 910 g/mol. The second kappa shape index (κ2) is 19.7. The van der Waals surface area contributed by atoms with Crippen molar-refractivity contribution in [3.63, 3.8) is 0 Å². The predicted molar refractivity (Wildman–Crippen MR) is 235 cm³/mol. The molecule has 17 heteroatoms. The van der Waals surface area contributed by atoms with Gasteiger partial charge in [0.05, 0.1) is 53.6 Å². The SMILES string of the molecule is CC[C@@H]1OC(=O)[C@H](C)[C@@H](O[C@H]2C[C@@](C)(OC)[C@@H](OC(C)=O)[C@H](C)O2)[C@H](C)[C@@H](O[C@@H]2O[C@H](C)C[C@H](N(C)C)[C@H]2OC(C)=O)[C@](C)(OC)C[C@@H](C)C2=NC(C)(C)CN3C(=O)O[C@@]1(C)[C@H]3[C@H]2C. The molecule has 0 aliphatic carbocycles. The molecule has 366 valence electrons. The number of hydrogen-bond acceptors (Lipinski definition) is 16. The van der Waals surface area contributed by atoms with Gasteiger partial charge in [-0.25, -0.2) is 4.79 Å². The Kier molecular flexibility index (Phi) is 16.0. The van der Waals surface area contributed by atoms with E-state index in [1.165, 1.54) is 13.8 Å². The Labute approximate surface area is 381 Å². The van der Waals surface area contributed by atoms with E-state index in [2.05, 4.69) is 13.8 Å². The van der Waals surface area contributed by atoms with Gasteiger partial charge in [-0.05, 0) is 94.7 Å². The van der Waals surface area contributed by atoms with Crippen LogP contribution in [0.2, 0.25) is 0 Å². The number of hydrogen-bond donors (Lipinski definition) is 0. The molecule has 0 N–H and O–H groups in total. The quantitative estimate of drug-likeness (QED) is 0.192. The van der Waals surface area contributed by atoms with Gasteiger partial charge in [0.25, 0.3) is 0 Å². The Hall–Kier alpha value is -2.93. The molecule has 17 nitrogen and oxygen atoms in total. The first-order valence-corrected chi connectivity index (χ1v) is 23.2. The average Bonchev–Trinajstić information content (AvgIpc) is 3.38. The molecule has 64 heavy (non-hydrogen) atoms. The number of carbonyl (C=O) groups is 4. The summed E-state index contributed by atoms with van der Waals surface area (Å²) in [6, 6.07) is -0.776. The van der Waals surface area contributed by atoms with Crippen LogP contribution in [0.15, 0.2) is 4.99 Å². The summed E-state index contributed by atoms with van der Waals surface area (Å²) >= 11 is 0. The highest BCUT2D eigenvalue weighted by atomic mass is 16.7. The monoisotopic (exact) mass is 910 g/mol. The molecule has 18 atom stereocenters. The number of fused-ring (bicyclic) bond motifs is 1. The van der Waals surface area contributed by atoms with Crippen molar-refractivity contribution in [1.29, 1.82) is 0 Å². The van der Waals surface area contributed by atoms with E-state index < -0.39 is 113 Å². The maximum absolute atomic E-state index is 14.9. The second-order valence-electron chi connectivity index (χ2n) is 20.7. The Morgan fingerprint density at radius 2 is 1.44 bits per heavy atom. The number of aliphatic imine (C=N–C) groups is 1. The van der Waals surface area contributed by atoms with Crippen LogP contribution in [-0.4, -0.2) is 164 Å². The Balaban J connectivity index is 1.71. The fourth-order valence-corrected chi connectivity index (χ4v) is 11.5. The zero-order valence-electron chi connectivity index (χ0n) is 41.8. The van der Waals surface area contributed by atoms with Gasteiger partial charge in [0.1, 0.15) is 11.7 Å². The minimum atomic E-state index is -1.23. The smallest absolute Gasteiger partial charge is 0.411 e. The van der Waals surface area contributed by atoms with Crippen molar-refractivity contribution in [2.24, 2.45) is 28.7 Å². The number of cyclic esters (lactones) is 1. The first-order chi connectivity index (χ1) is 29.6. The van der Waals surface area contributed by atoms with Crippen LogP contribution < -0.4 is 0 Å². The summed E-state index contributed by atoms with van der Waals surface area (Å²) in [5.41, 5.74) is -3.22. The van der Waals surface area contributed by atoms with Gasteiger partial charge in [-0.1, -0.05) is 27.7 Å². The molecule has 0 aromatic heterocycles. The number of likely N-dealkylation sites (N-methyl/N-ethyl adjacent to an activating group) is 1. The van der Waals surface area contributed by atoms with E-state index in [0.29, 0.717) is 25.8 Å². The molecule has 0 radical (unpaired) electrons. The van der Waals surface area contributed by atoms with E-state index in [0.717, 1.165) is 5.71 Å². The van der Waals surface area contributed by atoms with E-state index in [1.54, 1.807) is 33.0 Å². The number of amides is 1. The van der Waals surface area contributed by atoms with Crippen LogP contribution >= 0.6 is 0 Å². The summed E-state index contributed by atoms with van der Waals surface area (Å²) in [4.78, 5) is 63.0. The maximum atomic E-state index is 14.9. The summed E-state index contributed by atoms with van der Waals surface area (Å²) in [5.74, 6) is -3.76. The molecule has 0 aromatic carbocycles. The lowest BCUT2D eigenvalue weighted by atomic mass is 9.72. The van der Waals surface area contributed by atoms with Gasteiger partial charge >= 0.3 is 24.0 Å². The minimum absolute atomic E-state index is 0.139. The van der Waals surface area contributed by atoms with Gasteiger partial charge in [-0.2, -0.15) is 0 Å². The molecule has 0 spiro atoms. The largest absolute Gasteiger partial charge is 0.458 e. The lowest BCUT2D eigenvalue weighted by Crippen LogP contribution is -2.62. The summed E-state index contributed by atoms with van der Waals surface area (Å²) in [6.07, 6.45) is -6.29. The van der Waals surface area contributed by atoms with Crippen molar-refractivity contribution in [2.75, 3.05) is 34.9 Å². The lowest BCUT2D eigenvalue weighted by Gasteiger charge is -2.50. The zero-order valence-corrected chi connectivity index (χ0v) is 41.8. The van der Waals surface area contributed by atoms with Crippen molar-refractivity contribution in [1.82, 2.24) is 9.80 Å². The molecule has 0 aromatic rings. The molecular formula is C47H79N3O14. The number of carbonyl (C=O) groups excluding carboxylic acids is 4. The van der Waals surface area contributed by atoms with E-state index in [4.69, 9.17) is 52.4 Å². The van der Waals surface area contributed by atoms with Gasteiger partial charge in [0, 0.05) is 58.6 Å². The van der Waals surface area contributed by atoms with E-state index in [-0.39, 0.29) is 30.4 Å². The summed E-state index contributed by atoms with van der Waals surface area (Å²) in [5, 5.41) is 0. The highest BCUT2D eigenvalue weighted by Gasteiger charge is 2.62. The third kappa shape index (κ3) is 10.4. The third-order valence-electron chi connectivity index (χ3n) is 14.7. The number of rotatable bonds is 10. The van der Waals surface area contributed by atoms with Crippen LogP contribution in [0.1, 0.15) is 123 Å². The molecule has 0 saturated carbocycles. The lowest BCUT2D eigenvalue weighted by molar-refractivity contribution is -0.320. The van der Waals surface area contributed by atoms with Crippen LogP contribution in [0, 0.1) is 23.7 Å². The summed E-state index contributed by atoms with van der Waals surface area (Å²) < 4.78 is 64.6. The molecule has 0 unspecified atom stereocenters. The van der Waals surface area contributed by atoms with E-state index in [9.17, 15) is 19.2 Å². The van der Waals surface area contributed by atoms with Crippen LogP contribution in [-0.2, 0) is 61.8 Å². The molecule has 5 heterocycles. The van der Waals surface area contributed by atoms with Crippen LogP contribution in [0.4, 0.5) is 4.79 Å². The fourth-order valence-electron chi connectivity index (χ4n) is 11.5. The van der Waals surface area contributed by atoms with Gasteiger partial charge in [0.2, 0.25) is 0 Å². The molecule has 2 bridgehead atoms. The molecule has 1 amide bonds. The zero-order chi connectivity index (χ0) is 48.0. The molecular weight excluding hydrogens is 831 g/mol. The van der Waals surface area contributed by atoms with E-state index in [1.807, 2.05) is 74.4 Å². The van der Waals surface area contributed by atoms with Crippen molar-refractivity contribution in [2.45, 2.75) is 212 Å². The number of ether oxygens (including phenoxy) is 10. The Morgan fingerprint density at radius 1 is 0.828 bits per heavy atom. The Bertz CT molecular complexity index is 1730. The summed E-state index contributed by atoms with van der Waals surface area (Å²) in [6.45, 7) is 26.2.